The van der Waals surface area contributed by atoms with Crippen LogP contribution in [-0.2, 0) is 6.54 Å². The smallest absolute Gasteiger partial charge is 0.262 e. The van der Waals surface area contributed by atoms with Crippen molar-refractivity contribution >= 4 is 17.2 Å². The Balaban J connectivity index is 2.02. The zero-order valence-corrected chi connectivity index (χ0v) is 10.9. The quantitative estimate of drug-likeness (QED) is 0.809. The van der Waals surface area contributed by atoms with Crippen molar-refractivity contribution in [3.8, 4) is 11.8 Å². The van der Waals surface area contributed by atoms with Crippen LogP contribution in [-0.4, -0.2) is 22.6 Å². The van der Waals surface area contributed by atoms with Crippen molar-refractivity contribution in [2.75, 3.05) is 6.54 Å². The zero-order chi connectivity index (χ0) is 13.5. The van der Waals surface area contributed by atoms with Crippen molar-refractivity contribution < 1.29 is 4.79 Å². The molecule has 0 saturated heterocycles. The lowest BCUT2D eigenvalue weighted by Gasteiger charge is -2.02. The molecule has 2 rings (SSSR count). The lowest BCUT2D eigenvalue weighted by Crippen LogP contribution is -2.23. The van der Waals surface area contributed by atoms with Crippen LogP contribution in [0.15, 0.2) is 29.8 Å². The first-order chi connectivity index (χ1) is 9.31. The second kappa shape index (κ2) is 6.64. The maximum absolute atomic E-state index is 12.0. The molecule has 2 aromatic rings. The number of rotatable bonds is 3. The minimum Gasteiger partial charge on any atom is -0.346 e. The highest BCUT2D eigenvalue weighted by Crippen LogP contribution is 2.15. The van der Waals surface area contributed by atoms with Gasteiger partial charge in [0.25, 0.3) is 5.91 Å². The Morgan fingerprint density at radius 1 is 1.47 bits per heavy atom. The Morgan fingerprint density at radius 3 is 3.11 bits per heavy atom. The second-order valence-corrected chi connectivity index (χ2v) is 4.48. The van der Waals surface area contributed by atoms with Crippen LogP contribution in [0, 0.1) is 11.8 Å². The largest absolute Gasteiger partial charge is 0.346 e. The molecule has 0 radical (unpaired) electrons. The standard InChI is InChI=1S/C13H12N4OS/c14-6-1-3-10-5-8-19-12(10)13(18)15-9-11-4-2-7-16-17-11/h2,4-5,7-8H,6,9,14H2,(H,15,18). The zero-order valence-electron chi connectivity index (χ0n) is 10.1. The number of nitrogens with zero attached hydrogens (tertiary/aromatic N) is 2. The number of nitrogens with two attached hydrogens (primary N) is 1. The van der Waals surface area contributed by atoms with Gasteiger partial charge in [0.1, 0.15) is 4.88 Å². The fraction of sp³-hybridized carbons (Fsp3) is 0.154. The molecule has 2 heterocycles. The molecule has 3 N–H and O–H groups in total. The first kappa shape index (κ1) is 13.2. The normalized spacial score (nSPS) is 9.53. The van der Waals surface area contributed by atoms with E-state index in [0.29, 0.717) is 22.7 Å². The van der Waals surface area contributed by atoms with Gasteiger partial charge in [-0.15, -0.1) is 11.3 Å². The molecule has 0 atom stereocenters. The van der Waals surface area contributed by atoms with Gasteiger partial charge in [0.2, 0.25) is 0 Å². The molecule has 0 unspecified atom stereocenters. The van der Waals surface area contributed by atoms with Gasteiger partial charge in [-0.05, 0) is 23.6 Å². The van der Waals surface area contributed by atoms with Crippen molar-refractivity contribution in [3.63, 3.8) is 0 Å². The van der Waals surface area contributed by atoms with Crippen molar-refractivity contribution in [2.24, 2.45) is 5.73 Å². The fourth-order valence-electron chi connectivity index (χ4n) is 1.41. The second-order valence-electron chi connectivity index (χ2n) is 3.57. The summed E-state index contributed by atoms with van der Waals surface area (Å²) >= 11 is 1.35. The van der Waals surface area contributed by atoms with E-state index in [1.165, 1.54) is 11.3 Å². The molecule has 5 nitrogen and oxygen atoms in total. The molecule has 96 valence electrons. The lowest BCUT2D eigenvalue weighted by atomic mass is 10.2. The number of amides is 1. The topological polar surface area (TPSA) is 80.9 Å². The molecule has 1 amide bonds. The third-order valence-electron chi connectivity index (χ3n) is 2.25. The first-order valence-electron chi connectivity index (χ1n) is 5.62. The predicted octanol–water partition coefficient (Wildman–Crippen LogP) is 0.778. The fourth-order valence-corrected chi connectivity index (χ4v) is 2.17. The van der Waals surface area contributed by atoms with Crippen LogP contribution in [0.25, 0.3) is 0 Å². The molecule has 0 aromatic carbocycles. The molecule has 0 bridgehead atoms. The van der Waals surface area contributed by atoms with Gasteiger partial charge in [0.05, 0.1) is 18.8 Å². The highest BCUT2D eigenvalue weighted by atomic mass is 32.1. The Bertz CT molecular complexity index is 612. The number of nitrogens with one attached hydrogen (secondary N) is 1. The van der Waals surface area contributed by atoms with E-state index in [1.54, 1.807) is 18.3 Å². The summed E-state index contributed by atoms with van der Waals surface area (Å²) in [6.45, 7) is 0.616. The summed E-state index contributed by atoms with van der Waals surface area (Å²) in [6.07, 6.45) is 1.59. The Hall–Kier alpha value is -2.23. The highest BCUT2D eigenvalue weighted by Gasteiger charge is 2.11. The van der Waals surface area contributed by atoms with E-state index >= 15 is 0 Å². The maximum Gasteiger partial charge on any atom is 0.262 e. The Kier molecular flexibility index (Phi) is 4.61. The summed E-state index contributed by atoms with van der Waals surface area (Å²) in [5, 5.41) is 12.3. The van der Waals surface area contributed by atoms with Gasteiger partial charge in [0.15, 0.2) is 0 Å². The van der Waals surface area contributed by atoms with E-state index < -0.39 is 0 Å². The number of carbonyl (C=O) groups excluding carboxylic acids is 1. The van der Waals surface area contributed by atoms with Gasteiger partial charge in [-0.3, -0.25) is 4.79 Å². The molecule has 6 heteroatoms. The Morgan fingerprint density at radius 2 is 2.37 bits per heavy atom. The summed E-state index contributed by atoms with van der Waals surface area (Å²) in [5.41, 5.74) is 6.73. The van der Waals surface area contributed by atoms with Crippen molar-refractivity contribution in [1.29, 1.82) is 0 Å². The van der Waals surface area contributed by atoms with Crippen LogP contribution in [0.4, 0.5) is 0 Å². The van der Waals surface area contributed by atoms with Gasteiger partial charge < -0.3 is 11.1 Å². The molecule has 0 aliphatic rings. The molecule has 0 fully saturated rings. The number of thiophene rings is 1. The van der Waals surface area contributed by atoms with Crippen LogP contribution in [0.2, 0.25) is 0 Å². The molecular formula is C13H12N4OS. The van der Waals surface area contributed by atoms with Crippen LogP contribution < -0.4 is 11.1 Å². The molecule has 2 aromatic heterocycles. The van der Waals surface area contributed by atoms with Crippen molar-refractivity contribution in [2.45, 2.75) is 6.54 Å². The molecular weight excluding hydrogens is 260 g/mol. The number of carbonyl (C=O) groups is 1. The van der Waals surface area contributed by atoms with Crippen LogP contribution in [0.5, 0.6) is 0 Å². The van der Waals surface area contributed by atoms with Crippen LogP contribution >= 0.6 is 11.3 Å². The van der Waals surface area contributed by atoms with E-state index in [-0.39, 0.29) is 12.5 Å². The van der Waals surface area contributed by atoms with Crippen LogP contribution in [0.1, 0.15) is 20.9 Å². The summed E-state index contributed by atoms with van der Waals surface area (Å²) in [4.78, 5) is 12.6. The van der Waals surface area contributed by atoms with Gasteiger partial charge >= 0.3 is 0 Å². The van der Waals surface area contributed by atoms with E-state index in [9.17, 15) is 4.79 Å². The van der Waals surface area contributed by atoms with Crippen molar-refractivity contribution in [3.05, 3.63) is 45.9 Å². The third kappa shape index (κ3) is 3.61. The molecule has 0 saturated carbocycles. The van der Waals surface area contributed by atoms with E-state index in [4.69, 9.17) is 5.73 Å². The van der Waals surface area contributed by atoms with E-state index in [2.05, 4.69) is 27.4 Å². The van der Waals surface area contributed by atoms with E-state index in [1.807, 2.05) is 11.4 Å². The predicted molar refractivity (Wildman–Crippen MR) is 73.5 cm³/mol. The van der Waals surface area contributed by atoms with Gasteiger partial charge in [-0.25, -0.2) is 0 Å². The summed E-state index contributed by atoms with van der Waals surface area (Å²) < 4.78 is 0. The SMILES string of the molecule is NCC#Cc1ccsc1C(=O)NCc1cccnn1. The van der Waals surface area contributed by atoms with Crippen LogP contribution in [0.3, 0.4) is 0 Å². The molecule has 19 heavy (non-hydrogen) atoms. The van der Waals surface area contributed by atoms with Gasteiger partial charge in [0, 0.05) is 11.8 Å². The molecule has 0 aliphatic heterocycles. The summed E-state index contributed by atoms with van der Waals surface area (Å²) in [5.74, 6) is 5.46. The minimum atomic E-state index is -0.165. The summed E-state index contributed by atoms with van der Waals surface area (Å²) in [7, 11) is 0. The van der Waals surface area contributed by atoms with Gasteiger partial charge in [-0.2, -0.15) is 10.2 Å². The minimum absolute atomic E-state index is 0.165. The van der Waals surface area contributed by atoms with E-state index in [0.717, 1.165) is 0 Å². The van der Waals surface area contributed by atoms with Crippen molar-refractivity contribution in [1.82, 2.24) is 15.5 Å². The number of hydrogen-bond acceptors (Lipinski definition) is 5. The highest BCUT2D eigenvalue weighted by molar-refractivity contribution is 7.12. The summed E-state index contributed by atoms with van der Waals surface area (Å²) in [6, 6.07) is 5.39. The molecule has 0 aliphatic carbocycles. The number of aromatic nitrogens is 2. The molecule has 0 spiro atoms. The Labute approximate surface area is 114 Å². The van der Waals surface area contributed by atoms with Gasteiger partial charge in [-0.1, -0.05) is 11.8 Å². The number of hydrogen-bond donors (Lipinski definition) is 2. The monoisotopic (exact) mass is 272 g/mol. The maximum atomic E-state index is 12.0. The average molecular weight is 272 g/mol. The first-order valence-corrected chi connectivity index (χ1v) is 6.50. The lowest BCUT2D eigenvalue weighted by molar-refractivity contribution is 0.0954. The third-order valence-corrected chi connectivity index (χ3v) is 3.17. The average Bonchev–Trinajstić information content (AvgIpc) is 2.92.